The SMILES string of the molecule is [Li+].[c-]1ccccc1C1(c2ccccc2)OCCCO1. The third kappa shape index (κ3) is 2.78. The first kappa shape index (κ1) is 14.4. The van der Waals surface area contributed by atoms with Gasteiger partial charge in [-0.3, -0.25) is 0 Å². The van der Waals surface area contributed by atoms with E-state index in [1.807, 2.05) is 54.6 Å². The minimum Gasteiger partial charge on any atom is -0.344 e. The van der Waals surface area contributed by atoms with Crippen LogP contribution in [0.5, 0.6) is 0 Å². The first-order valence-corrected chi connectivity index (χ1v) is 6.22. The van der Waals surface area contributed by atoms with Crippen molar-refractivity contribution in [3.63, 3.8) is 0 Å². The summed E-state index contributed by atoms with van der Waals surface area (Å²) in [5.74, 6) is -0.791. The molecule has 2 aromatic rings. The van der Waals surface area contributed by atoms with Gasteiger partial charge in [0.1, 0.15) is 0 Å². The van der Waals surface area contributed by atoms with Crippen LogP contribution in [0.25, 0.3) is 0 Å². The molecule has 1 aliphatic heterocycles. The third-order valence-electron chi connectivity index (χ3n) is 3.12. The van der Waals surface area contributed by atoms with Crippen LogP contribution in [0.3, 0.4) is 0 Å². The normalized spacial score (nSPS) is 17.5. The Kier molecular flexibility index (Phi) is 4.85. The van der Waals surface area contributed by atoms with E-state index in [9.17, 15) is 0 Å². The molecule has 3 heteroatoms. The van der Waals surface area contributed by atoms with E-state index in [4.69, 9.17) is 9.47 Å². The standard InChI is InChI=1S/C16H15O2.Li/c1-3-8-14(9-4-1)16(17-12-7-13-18-16)15-10-5-2-6-11-15;/h1-6,8-10H,7,12-13H2;/q-1;+1. The summed E-state index contributed by atoms with van der Waals surface area (Å²) in [7, 11) is 0. The minimum absolute atomic E-state index is 0. The summed E-state index contributed by atoms with van der Waals surface area (Å²) < 4.78 is 12.0. The molecule has 0 N–H and O–H groups in total. The second-order valence-corrected chi connectivity index (χ2v) is 4.31. The van der Waals surface area contributed by atoms with E-state index >= 15 is 0 Å². The van der Waals surface area contributed by atoms with Crippen molar-refractivity contribution in [3.8, 4) is 0 Å². The van der Waals surface area contributed by atoms with Gasteiger partial charge in [0.25, 0.3) is 0 Å². The average molecular weight is 246 g/mol. The molecule has 92 valence electrons. The summed E-state index contributed by atoms with van der Waals surface area (Å²) in [6.07, 6.45) is 0.932. The van der Waals surface area contributed by atoms with Gasteiger partial charge in [-0.25, -0.2) is 0 Å². The second-order valence-electron chi connectivity index (χ2n) is 4.31. The number of ether oxygens (including phenoxy) is 2. The molecule has 1 saturated heterocycles. The van der Waals surface area contributed by atoms with Gasteiger partial charge in [-0.2, -0.15) is 30.3 Å². The van der Waals surface area contributed by atoms with Crippen LogP contribution >= 0.6 is 0 Å². The minimum atomic E-state index is -0.791. The Balaban J connectivity index is 0.00000133. The van der Waals surface area contributed by atoms with Crippen LogP contribution in [0.2, 0.25) is 0 Å². The van der Waals surface area contributed by atoms with Crippen LogP contribution in [-0.2, 0) is 15.3 Å². The van der Waals surface area contributed by atoms with E-state index in [1.165, 1.54) is 0 Å². The number of benzene rings is 2. The van der Waals surface area contributed by atoms with Crippen molar-refractivity contribution in [3.05, 3.63) is 71.8 Å². The molecule has 2 aromatic carbocycles. The summed E-state index contributed by atoms with van der Waals surface area (Å²) in [6.45, 7) is 1.41. The fraction of sp³-hybridized carbons (Fsp3) is 0.250. The van der Waals surface area contributed by atoms with Crippen molar-refractivity contribution in [2.75, 3.05) is 13.2 Å². The molecule has 0 saturated carbocycles. The molecule has 1 heterocycles. The molecule has 0 radical (unpaired) electrons. The van der Waals surface area contributed by atoms with E-state index in [0.717, 1.165) is 17.5 Å². The molecular weight excluding hydrogens is 231 g/mol. The summed E-state index contributed by atoms with van der Waals surface area (Å²) in [5, 5.41) is 0. The van der Waals surface area contributed by atoms with Gasteiger partial charge in [-0.15, -0.1) is 0 Å². The monoisotopic (exact) mass is 246 g/mol. The largest absolute Gasteiger partial charge is 1.00 e. The zero-order valence-corrected chi connectivity index (χ0v) is 11.1. The molecule has 0 aliphatic carbocycles. The predicted molar refractivity (Wildman–Crippen MR) is 69.0 cm³/mol. The zero-order chi connectivity index (χ0) is 12.3. The van der Waals surface area contributed by atoms with Gasteiger partial charge in [0.2, 0.25) is 0 Å². The zero-order valence-electron chi connectivity index (χ0n) is 11.1. The summed E-state index contributed by atoms with van der Waals surface area (Å²) in [6, 6.07) is 21.1. The van der Waals surface area contributed by atoms with Crippen LogP contribution in [0.1, 0.15) is 17.5 Å². The van der Waals surface area contributed by atoms with E-state index in [2.05, 4.69) is 6.07 Å². The van der Waals surface area contributed by atoms with Crippen LogP contribution < -0.4 is 18.9 Å². The molecule has 19 heavy (non-hydrogen) atoms. The fourth-order valence-electron chi connectivity index (χ4n) is 2.27. The molecule has 2 nitrogen and oxygen atoms in total. The maximum absolute atomic E-state index is 5.98. The van der Waals surface area contributed by atoms with Crippen LogP contribution in [0.15, 0.2) is 54.6 Å². The Bertz CT molecular complexity index is 451. The van der Waals surface area contributed by atoms with Crippen molar-refractivity contribution in [2.45, 2.75) is 12.2 Å². The van der Waals surface area contributed by atoms with E-state index in [-0.39, 0.29) is 18.9 Å². The Labute approximate surface area is 125 Å². The van der Waals surface area contributed by atoms with Gasteiger partial charge in [-0.1, -0.05) is 35.9 Å². The Morgan fingerprint density at radius 1 is 0.895 bits per heavy atom. The quantitative estimate of drug-likeness (QED) is 0.554. The first-order valence-electron chi connectivity index (χ1n) is 6.22. The number of rotatable bonds is 2. The molecule has 1 fully saturated rings. The smallest absolute Gasteiger partial charge is 0.344 e. The predicted octanol–water partition coefficient (Wildman–Crippen LogP) is 0.129. The molecule has 1 aliphatic rings. The molecule has 0 spiro atoms. The van der Waals surface area contributed by atoms with Crippen molar-refractivity contribution >= 4 is 0 Å². The molecule has 0 unspecified atom stereocenters. The van der Waals surface area contributed by atoms with Gasteiger partial charge < -0.3 is 9.47 Å². The number of hydrogen-bond donors (Lipinski definition) is 0. The van der Waals surface area contributed by atoms with E-state index in [0.29, 0.717) is 13.2 Å². The van der Waals surface area contributed by atoms with E-state index in [1.54, 1.807) is 0 Å². The van der Waals surface area contributed by atoms with Gasteiger partial charge in [-0.05, 0) is 6.42 Å². The summed E-state index contributed by atoms with van der Waals surface area (Å²) in [5.41, 5.74) is 1.95. The fourth-order valence-corrected chi connectivity index (χ4v) is 2.27. The van der Waals surface area contributed by atoms with Gasteiger partial charge in [0.15, 0.2) is 5.79 Å². The Hall–Kier alpha value is -1.04. The van der Waals surface area contributed by atoms with Crippen LogP contribution in [-0.4, -0.2) is 13.2 Å². The molecule has 0 amide bonds. The molecule has 3 rings (SSSR count). The summed E-state index contributed by atoms with van der Waals surface area (Å²) >= 11 is 0. The van der Waals surface area contributed by atoms with Crippen LogP contribution in [0.4, 0.5) is 0 Å². The van der Waals surface area contributed by atoms with Crippen molar-refractivity contribution in [1.82, 2.24) is 0 Å². The second kappa shape index (κ2) is 6.41. The molecule has 0 bridgehead atoms. The Morgan fingerprint density at radius 3 is 2.21 bits per heavy atom. The third-order valence-corrected chi connectivity index (χ3v) is 3.12. The Morgan fingerprint density at radius 2 is 1.58 bits per heavy atom. The van der Waals surface area contributed by atoms with Gasteiger partial charge >= 0.3 is 18.9 Å². The van der Waals surface area contributed by atoms with Crippen LogP contribution in [0, 0.1) is 6.07 Å². The van der Waals surface area contributed by atoms with Gasteiger partial charge in [0, 0.05) is 5.56 Å². The average Bonchev–Trinajstić information content (AvgIpc) is 2.50. The van der Waals surface area contributed by atoms with Crippen molar-refractivity contribution in [1.29, 1.82) is 0 Å². The maximum atomic E-state index is 5.98. The van der Waals surface area contributed by atoms with Crippen molar-refractivity contribution in [2.24, 2.45) is 0 Å². The summed E-state index contributed by atoms with van der Waals surface area (Å²) in [4.78, 5) is 0. The van der Waals surface area contributed by atoms with Crippen molar-refractivity contribution < 1.29 is 28.3 Å². The maximum Gasteiger partial charge on any atom is 1.00 e. The molecule has 0 atom stereocenters. The molecule has 0 aromatic heterocycles. The van der Waals surface area contributed by atoms with Gasteiger partial charge in [0.05, 0.1) is 13.2 Å². The molecular formula is C16H15LiO2. The first-order chi connectivity index (χ1) is 8.92. The topological polar surface area (TPSA) is 18.5 Å². The number of hydrogen-bond acceptors (Lipinski definition) is 2. The van der Waals surface area contributed by atoms with E-state index < -0.39 is 5.79 Å².